The summed E-state index contributed by atoms with van der Waals surface area (Å²) in [4.78, 5) is 11.3. The summed E-state index contributed by atoms with van der Waals surface area (Å²) >= 11 is 1.30. The average Bonchev–Trinajstić information content (AvgIpc) is 2.18. The van der Waals surface area contributed by atoms with E-state index in [2.05, 4.69) is 0 Å². The molecule has 0 aromatic rings. The van der Waals surface area contributed by atoms with Crippen molar-refractivity contribution in [2.45, 2.75) is 13.8 Å². The number of hydrogen-bond donors (Lipinski definition) is 0. The first-order chi connectivity index (χ1) is 6.71. The molecule has 0 aliphatic rings. The Labute approximate surface area is 87.9 Å². The van der Waals surface area contributed by atoms with E-state index in [0.29, 0.717) is 5.09 Å². The molecular weight excluding hydrogens is 202 g/mol. The van der Waals surface area contributed by atoms with Crippen molar-refractivity contribution in [3.05, 3.63) is 10.7 Å². The zero-order chi connectivity index (χ0) is 11.0. The van der Waals surface area contributed by atoms with Crippen LogP contribution in [0.1, 0.15) is 13.8 Å². The summed E-state index contributed by atoms with van der Waals surface area (Å²) in [5.41, 5.74) is -0.0683. The smallest absolute Gasteiger partial charge is 0.353 e. The Hall–Kier alpha value is -1.15. The molecule has 14 heavy (non-hydrogen) atoms. The van der Waals surface area contributed by atoms with Crippen molar-refractivity contribution in [3.8, 4) is 6.07 Å². The molecule has 0 amide bonds. The third-order valence-electron chi connectivity index (χ3n) is 1.26. The van der Waals surface area contributed by atoms with E-state index in [9.17, 15) is 4.79 Å². The van der Waals surface area contributed by atoms with Gasteiger partial charge in [0.05, 0.1) is 13.7 Å². The number of rotatable bonds is 5. The van der Waals surface area contributed by atoms with Crippen LogP contribution in [0, 0.1) is 11.3 Å². The highest BCUT2D eigenvalue weighted by molar-refractivity contribution is 8.02. The van der Waals surface area contributed by atoms with Crippen molar-refractivity contribution in [2.24, 2.45) is 0 Å². The second-order valence-electron chi connectivity index (χ2n) is 2.13. The molecule has 5 heteroatoms. The summed E-state index contributed by atoms with van der Waals surface area (Å²) in [6, 6.07) is 1.78. The lowest BCUT2D eigenvalue weighted by Gasteiger charge is -2.06. The third kappa shape index (κ3) is 3.71. The van der Waals surface area contributed by atoms with Crippen LogP contribution in [0.2, 0.25) is 0 Å². The lowest BCUT2D eigenvalue weighted by atomic mass is 10.3. The SMILES string of the molecule is CCOC(=O)/C(C#N)=C(\OC)SCC. The minimum absolute atomic E-state index is 0.0683. The number of carbonyl (C=O) groups excluding carboxylic acids is 1. The van der Waals surface area contributed by atoms with Gasteiger partial charge in [-0.25, -0.2) is 4.79 Å². The van der Waals surface area contributed by atoms with Crippen LogP contribution >= 0.6 is 11.8 Å². The predicted molar refractivity (Wildman–Crippen MR) is 54.4 cm³/mol. The number of ether oxygens (including phenoxy) is 2. The van der Waals surface area contributed by atoms with E-state index in [-0.39, 0.29) is 12.2 Å². The van der Waals surface area contributed by atoms with E-state index in [1.54, 1.807) is 13.0 Å². The number of hydrogen-bond acceptors (Lipinski definition) is 5. The largest absolute Gasteiger partial charge is 0.489 e. The Kier molecular flexibility index (Phi) is 6.68. The first-order valence-electron chi connectivity index (χ1n) is 4.19. The first kappa shape index (κ1) is 12.8. The Morgan fingerprint density at radius 2 is 2.14 bits per heavy atom. The van der Waals surface area contributed by atoms with Crippen LogP contribution in [0.4, 0.5) is 0 Å². The van der Waals surface area contributed by atoms with E-state index >= 15 is 0 Å². The van der Waals surface area contributed by atoms with Gasteiger partial charge in [-0.3, -0.25) is 0 Å². The molecule has 0 fully saturated rings. The molecule has 4 nitrogen and oxygen atoms in total. The van der Waals surface area contributed by atoms with E-state index in [1.807, 2.05) is 6.92 Å². The van der Waals surface area contributed by atoms with Gasteiger partial charge in [0.25, 0.3) is 0 Å². The molecule has 0 aromatic heterocycles. The molecule has 0 rings (SSSR count). The minimum Gasteiger partial charge on any atom is -0.489 e. The minimum atomic E-state index is -0.632. The summed E-state index contributed by atoms with van der Waals surface area (Å²) < 4.78 is 9.64. The number of nitriles is 1. The van der Waals surface area contributed by atoms with Crippen molar-refractivity contribution in [1.29, 1.82) is 5.26 Å². The lowest BCUT2D eigenvalue weighted by molar-refractivity contribution is -0.138. The molecule has 0 aromatic carbocycles. The standard InChI is InChI=1S/C9H13NO3S/c1-4-13-8(11)7(6-10)9(12-3)14-5-2/h4-5H2,1-3H3/b9-7+. The van der Waals surface area contributed by atoms with Gasteiger partial charge in [0.1, 0.15) is 6.07 Å². The molecule has 0 aliphatic heterocycles. The fraction of sp³-hybridized carbons (Fsp3) is 0.556. The Morgan fingerprint density at radius 3 is 2.50 bits per heavy atom. The number of methoxy groups -OCH3 is 1. The zero-order valence-electron chi connectivity index (χ0n) is 8.49. The van der Waals surface area contributed by atoms with Crippen LogP contribution < -0.4 is 0 Å². The quantitative estimate of drug-likeness (QED) is 0.302. The molecule has 0 bridgehead atoms. The molecule has 0 spiro atoms. The second-order valence-corrected chi connectivity index (χ2v) is 3.37. The van der Waals surface area contributed by atoms with Gasteiger partial charge < -0.3 is 9.47 Å². The van der Waals surface area contributed by atoms with Crippen molar-refractivity contribution >= 4 is 17.7 Å². The molecular formula is C9H13NO3S. The van der Waals surface area contributed by atoms with Crippen LogP contribution in [0.25, 0.3) is 0 Å². The fourth-order valence-electron chi connectivity index (χ4n) is 0.742. The van der Waals surface area contributed by atoms with Gasteiger partial charge in [-0.1, -0.05) is 18.7 Å². The van der Waals surface area contributed by atoms with E-state index in [0.717, 1.165) is 5.75 Å². The van der Waals surface area contributed by atoms with E-state index < -0.39 is 5.97 Å². The van der Waals surface area contributed by atoms with Crippen molar-refractivity contribution < 1.29 is 14.3 Å². The number of thioether (sulfide) groups is 1. The van der Waals surface area contributed by atoms with Gasteiger partial charge in [-0.15, -0.1) is 0 Å². The number of carbonyl (C=O) groups is 1. The van der Waals surface area contributed by atoms with Gasteiger partial charge in [0.2, 0.25) is 0 Å². The topological polar surface area (TPSA) is 59.3 Å². The maximum Gasteiger partial charge on any atom is 0.353 e. The molecule has 0 N–H and O–H groups in total. The molecule has 78 valence electrons. The van der Waals surface area contributed by atoms with Gasteiger partial charge in [-0.2, -0.15) is 5.26 Å². The molecule has 0 aliphatic carbocycles. The Morgan fingerprint density at radius 1 is 1.50 bits per heavy atom. The van der Waals surface area contributed by atoms with E-state index in [1.165, 1.54) is 18.9 Å². The molecule has 0 saturated heterocycles. The zero-order valence-corrected chi connectivity index (χ0v) is 9.31. The molecule has 0 heterocycles. The van der Waals surface area contributed by atoms with Crippen LogP contribution in [0.5, 0.6) is 0 Å². The van der Waals surface area contributed by atoms with Crippen molar-refractivity contribution in [1.82, 2.24) is 0 Å². The summed E-state index contributed by atoms with van der Waals surface area (Å²) in [6.07, 6.45) is 0. The second kappa shape index (κ2) is 7.27. The highest BCUT2D eigenvalue weighted by Crippen LogP contribution is 2.20. The highest BCUT2D eigenvalue weighted by Gasteiger charge is 2.17. The van der Waals surface area contributed by atoms with Crippen LogP contribution in [0.3, 0.4) is 0 Å². The van der Waals surface area contributed by atoms with Gasteiger partial charge in [0, 0.05) is 0 Å². The monoisotopic (exact) mass is 215 g/mol. The summed E-state index contributed by atoms with van der Waals surface area (Å²) in [6.45, 7) is 3.84. The fourth-order valence-corrected chi connectivity index (χ4v) is 1.40. The maximum absolute atomic E-state index is 11.3. The maximum atomic E-state index is 11.3. The Balaban J connectivity index is 4.80. The molecule has 0 unspecified atom stereocenters. The summed E-state index contributed by atoms with van der Waals surface area (Å²) in [5.74, 6) is 0.0983. The molecule has 0 atom stereocenters. The van der Waals surface area contributed by atoms with E-state index in [4.69, 9.17) is 14.7 Å². The summed E-state index contributed by atoms with van der Waals surface area (Å²) in [5, 5.41) is 9.06. The highest BCUT2D eigenvalue weighted by atomic mass is 32.2. The first-order valence-corrected chi connectivity index (χ1v) is 5.18. The van der Waals surface area contributed by atoms with Crippen molar-refractivity contribution in [3.63, 3.8) is 0 Å². The lowest BCUT2D eigenvalue weighted by Crippen LogP contribution is -2.09. The van der Waals surface area contributed by atoms with Crippen LogP contribution in [-0.2, 0) is 14.3 Å². The van der Waals surface area contributed by atoms with Crippen LogP contribution in [0.15, 0.2) is 10.7 Å². The van der Waals surface area contributed by atoms with Crippen molar-refractivity contribution in [2.75, 3.05) is 19.5 Å². The average molecular weight is 215 g/mol. The molecule has 0 radical (unpaired) electrons. The van der Waals surface area contributed by atoms with Gasteiger partial charge in [-0.05, 0) is 12.7 Å². The predicted octanol–water partition coefficient (Wildman–Crippen LogP) is 1.68. The van der Waals surface area contributed by atoms with Crippen LogP contribution in [-0.4, -0.2) is 25.4 Å². The normalized spacial score (nSPS) is 11.3. The number of nitrogens with zero attached hydrogens (tertiary/aromatic N) is 1. The summed E-state index contributed by atoms with van der Waals surface area (Å²) in [7, 11) is 1.43. The third-order valence-corrected chi connectivity index (χ3v) is 2.18. The van der Waals surface area contributed by atoms with Gasteiger partial charge in [0.15, 0.2) is 10.7 Å². The Bertz CT molecular complexity index is 268. The number of esters is 1. The van der Waals surface area contributed by atoms with Gasteiger partial charge >= 0.3 is 5.97 Å². The molecule has 0 saturated carbocycles.